The molecular formula is C21H15Cl2N3OS2. The first-order valence-corrected chi connectivity index (χ1v) is 11.3. The number of aryl methyl sites for hydroxylation is 1. The summed E-state index contributed by atoms with van der Waals surface area (Å²) in [5.41, 5.74) is 2.51. The number of hydrogen-bond acceptors (Lipinski definition) is 5. The van der Waals surface area contributed by atoms with Crippen molar-refractivity contribution in [1.82, 2.24) is 9.55 Å². The lowest BCUT2D eigenvalue weighted by atomic mass is 10.1. The van der Waals surface area contributed by atoms with Crippen molar-refractivity contribution in [3.63, 3.8) is 0 Å². The van der Waals surface area contributed by atoms with Crippen LogP contribution in [0.5, 0.6) is 11.5 Å². The first-order valence-electron chi connectivity index (χ1n) is 8.68. The van der Waals surface area contributed by atoms with E-state index in [0.29, 0.717) is 27.1 Å². The van der Waals surface area contributed by atoms with Gasteiger partial charge in [0.25, 0.3) is 0 Å². The van der Waals surface area contributed by atoms with Gasteiger partial charge in [0.2, 0.25) is 0 Å². The summed E-state index contributed by atoms with van der Waals surface area (Å²) >= 11 is 15.8. The molecule has 29 heavy (non-hydrogen) atoms. The lowest BCUT2D eigenvalue weighted by Crippen LogP contribution is -1.95. The fraction of sp³-hybridized carbons (Fsp3) is 0.143. The van der Waals surface area contributed by atoms with Crippen molar-refractivity contribution in [2.75, 3.05) is 5.75 Å². The topological polar surface area (TPSA) is 50.8 Å². The third-order valence-corrected chi connectivity index (χ3v) is 7.89. The summed E-state index contributed by atoms with van der Waals surface area (Å²) in [7, 11) is 1.89. The van der Waals surface area contributed by atoms with E-state index in [-0.39, 0.29) is 5.25 Å². The lowest BCUT2D eigenvalue weighted by molar-refractivity contribution is 0.482. The van der Waals surface area contributed by atoms with Gasteiger partial charge < -0.3 is 9.30 Å². The summed E-state index contributed by atoms with van der Waals surface area (Å²) < 4.78 is 8.71. The van der Waals surface area contributed by atoms with E-state index in [0.717, 1.165) is 21.2 Å². The number of hydrogen-bond donors (Lipinski definition) is 0. The third-order valence-electron chi connectivity index (χ3n) is 4.37. The number of thioether (sulfide) groups is 2. The largest absolute Gasteiger partial charge is 0.457 e. The molecule has 1 unspecified atom stereocenters. The molecule has 0 amide bonds. The monoisotopic (exact) mass is 459 g/mol. The van der Waals surface area contributed by atoms with E-state index < -0.39 is 0 Å². The van der Waals surface area contributed by atoms with Gasteiger partial charge >= 0.3 is 0 Å². The smallest absolute Gasteiger partial charge is 0.128 e. The highest BCUT2D eigenvalue weighted by Crippen LogP contribution is 2.54. The summed E-state index contributed by atoms with van der Waals surface area (Å²) in [5.74, 6) is 2.21. The number of rotatable bonds is 4. The summed E-state index contributed by atoms with van der Waals surface area (Å²) in [6, 6.07) is 15.2. The van der Waals surface area contributed by atoms with Crippen LogP contribution in [0.25, 0.3) is 5.57 Å². The van der Waals surface area contributed by atoms with Crippen molar-refractivity contribution < 1.29 is 4.74 Å². The standard InChI is InChI=1S/C21H15Cl2N3OS2/c1-26-12-25-10-19(26)17(9-24)21-28-11-20(29-21)16-7-6-15(8-18(16)23)27-14-4-2-13(22)3-5-14/h2-8,10,12,20H,11H2,1H3/b21-17-. The maximum absolute atomic E-state index is 9.66. The van der Waals surface area contributed by atoms with Crippen LogP contribution >= 0.6 is 46.7 Å². The Morgan fingerprint density at radius 3 is 2.62 bits per heavy atom. The Hall–Kier alpha value is -2.04. The molecule has 4 rings (SSSR count). The first-order chi connectivity index (χ1) is 14.0. The number of halogens is 2. The average molecular weight is 460 g/mol. The SMILES string of the molecule is Cn1cncc1/C(C#N)=C1/SCC(c2ccc(Oc3ccc(Cl)cc3)cc2Cl)S1. The molecule has 1 atom stereocenters. The molecule has 0 spiro atoms. The molecule has 8 heteroatoms. The molecule has 0 radical (unpaired) electrons. The number of nitrogens with zero attached hydrogens (tertiary/aromatic N) is 3. The predicted molar refractivity (Wildman–Crippen MR) is 122 cm³/mol. The Balaban J connectivity index is 1.54. The van der Waals surface area contributed by atoms with Crippen molar-refractivity contribution in [3.8, 4) is 17.6 Å². The van der Waals surface area contributed by atoms with Crippen LogP contribution in [0.4, 0.5) is 0 Å². The molecule has 0 bridgehead atoms. The van der Waals surface area contributed by atoms with Crippen molar-refractivity contribution in [3.05, 3.63) is 80.5 Å². The Morgan fingerprint density at radius 1 is 1.21 bits per heavy atom. The molecule has 2 heterocycles. The number of allylic oxidation sites excluding steroid dienone is 1. The van der Waals surface area contributed by atoms with Crippen LogP contribution in [-0.4, -0.2) is 15.3 Å². The maximum Gasteiger partial charge on any atom is 0.128 e. The first kappa shape index (κ1) is 20.2. The number of benzene rings is 2. The van der Waals surface area contributed by atoms with Crippen LogP contribution in [0, 0.1) is 11.3 Å². The van der Waals surface area contributed by atoms with Crippen molar-refractivity contribution in [1.29, 1.82) is 5.26 Å². The molecule has 146 valence electrons. The van der Waals surface area contributed by atoms with Crippen LogP contribution < -0.4 is 4.74 Å². The molecule has 2 aromatic carbocycles. The second-order valence-corrected chi connectivity index (χ2v) is 9.67. The van der Waals surface area contributed by atoms with Crippen molar-refractivity contribution in [2.24, 2.45) is 7.05 Å². The molecule has 1 fully saturated rings. The van der Waals surface area contributed by atoms with E-state index in [2.05, 4.69) is 11.1 Å². The van der Waals surface area contributed by atoms with Gasteiger partial charge in [0.15, 0.2) is 0 Å². The number of ether oxygens (including phenoxy) is 1. The summed E-state index contributed by atoms with van der Waals surface area (Å²) in [6.45, 7) is 0. The highest BCUT2D eigenvalue weighted by atomic mass is 35.5. The second kappa shape index (κ2) is 8.76. The van der Waals surface area contributed by atoms with E-state index in [1.54, 1.807) is 48.2 Å². The van der Waals surface area contributed by atoms with Gasteiger partial charge in [0, 0.05) is 28.1 Å². The fourth-order valence-electron chi connectivity index (χ4n) is 2.91. The Bertz CT molecular complexity index is 1120. The molecule has 4 nitrogen and oxygen atoms in total. The van der Waals surface area contributed by atoms with Crippen molar-refractivity contribution in [2.45, 2.75) is 5.25 Å². The van der Waals surface area contributed by atoms with Gasteiger partial charge in [-0.05, 0) is 42.0 Å². The minimum Gasteiger partial charge on any atom is -0.457 e. The van der Waals surface area contributed by atoms with Gasteiger partial charge in [-0.15, -0.1) is 23.5 Å². The molecule has 1 aliphatic heterocycles. The van der Waals surface area contributed by atoms with Crippen LogP contribution in [-0.2, 0) is 7.05 Å². The summed E-state index contributed by atoms with van der Waals surface area (Å²) in [6.07, 6.45) is 3.42. The van der Waals surface area contributed by atoms with Crippen LogP contribution in [0.2, 0.25) is 10.0 Å². The zero-order valence-electron chi connectivity index (χ0n) is 15.3. The minimum absolute atomic E-state index is 0.170. The molecule has 1 aromatic heterocycles. The molecule has 0 N–H and O–H groups in total. The van der Waals surface area contributed by atoms with Crippen LogP contribution in [0.3, 0.4) is 0 Å². The fourth-order valence-corrected chi connectivity index (χ4v) is 6.34. The third kappa shape index (κ3) is 4.44. The minimum atomic E-state index is 0.170. The normalized spacial score (nSPS) is 17.8. The second-order valence-electron chi connectivity index (χ2n) is 6.32. The van der Waals surface area contributed by atoms with E-state index in [9.17, 15) is 5.26 Å². The van der Waals surface area contributed by atoms with Crippen molar-refractivity contribution >= 4 is 52.3 Å². The summed E-state index contributed by atoms with van der Waals surface area (Å²) in [5, 5.41) is 11.1. The molecule has 3 aromatic rings. The van der Waals surface area contributed by atoms with Gasteiger partial charge in [-0.3, -0.25) is 0 Å². The van der Waals surface area contributed by atoms with E-state index in [1.807, 2.05) is 41.9 Å². The molecule has 1 aliphatic rings. The molecule has 0 aliphatic carbocycles. The Kier molecular flexibility index (Phi) is 6.12. The predicted octanol–water partition coefficient (Wildman–Crippen LogP) is 6.93. The Morgan fingerprint density at radius 2 is 1.97 bits per heavy atom. The van der Waals surface area contributed by atoms with Crippen LogP contribution in [0.15, 0.2) is 59.2 Å². The quantitative estimate of drug-likeness (QED) is 0.395. The van der Waals surface area contributed by atoms with E-state index in [4.69, 9.17) is 27.9 Å². The van der Waals surface area contributed by atoms with Crippen LogP contribution in [0.1, 0.15) is 16.5 Å². The van der Waals surface area contributed by atoms with Gasteiger partial charge in [-0.25, -0.2) is 4.98 Å². The Labute approximate surface area is 187 Å². The van der Waals surface area contributed by atoms with Gasteiger partial charge in [0.05, 0.1) is 28.0 Å². The molecular weight excluding hydrogens is 445 g/mol. The maximum atomic E-state index is 9.66. The van der Waals surface area contributed by atoms with Gasteiger partial charge in [-0.1, -0.05) is 29.3 Å². The van der Waals surface area contributed by atoms with Gasteiger partial charge in [-0.2, -0.15) is 5.26 Å². The molecule has 1 saturated heterocycles. The highest BCUT2D eigenvalue weighted by molar-refractivity contribution is 8.25. The van der Waals surface area contributed by atoms with Gasteiger partial charge in [0.1, 0.15) is 17.6 Å². The average Bonchev–Trinajstić information content (AvgIpc) is 3.35. The number of nitriles is 1. The zero-order chi connectivity index (χ0) is 20.4. The molecule has 0 saturated carbocycles. The highest BCUT2D eigenvalue weighted by Gasteiger charge is 2.28. The van der Waals surface area contributed by atoms with E-state index in [1.165, 1.54) is 0 Å². The zero-order valence-corrected chi connectivity index (χ0v) is 18.4. The summed E-state index contributed by atoms with van der Waals surface area (Å²) in [4.78, 5) is 4.12. The van der Waals surface area contributed by atoms with E-state index >= 15 is 0 Å². The lowest BCUT2D eigenvalue weighted by Gasteiger charge is -2.13. The number of aromatic nitrogens is 2. The number of imidazole rings is 1.